The molecule has 2 aromatic carbocycles. The van der Waals surface area contributed by atoms with Crippen LogP contribution >= 0.6 is 15.9 Å². The second-order valence-electron chi connectivity index (χ2n) is 4.92. The van der Waals surface area contributed by atoms with Crippen molar-refractivity contribution in [1.82, 2.24) is 5.32 Å². The van der Waals surface area contributed by atoms with Crippen LogP contribution in [0, 0.1) is 0 Å². The molecule has 0 heterocycles. The number of nitrogens with one attached hydrogen (secondary N) is 1. The lowest BCUT2D eigenvalue weighted by Crippen LogP contribution is -2.31. The Labute approximate surface area is 125 Å². The normalized spacial score (nSPS) is 20.4. The molecule has 0 saturated carbocycles. The fraction of sp³-hybridized carbons (Fsp3) is 0.188. The Morgan fingerprint density at radius 1 is 1.15 bits per heavy atom. The zero-order valence-corrected chi connectivity index (χ0v) is 12.3. The molecule has 0 aromatic heterocycles. The van der Waals surface area contributed by atoms with Crippen LogP contribution in [0.1, 0.15) is 27.5 Å². The van der Waals surface area contributed by atoms with Gasteiger partial charge in [-0.25, -0.2) is 0 Å². The maximum Gasteiger partial charge on any atom is 0.251 e. The first-order valence-electron chi connectivity index (χ1n) is 6.47. The number of phenols is 1. The van der Waals surface area contributed by atoms with Gasteiger partial charge in [0.1, 0.15) is 5.75 Å². The highest BCUT2D eigenvalue weighted by Gasteiger charge is 2.31. The lowest BCUT2D eigenvalue weighted by atomic mass is 10.1. The van der Waals surface area contributed by atoms with Crippen LogP contribution in [0.2, 0.25) is 0 Å². The summed E-state index contributed by atoms with van der Waals surface area (Å²) in [6.45, 7) is 0. The van der Waals surface area contributed by atoms with E-state index in [1.165, 1.54) is 23.3 Å². The van der Waals surface area contributed by atoms with E-state index in [0.29, 0.717) is 5.56 Å². The van der Waals surface area contributed by atoms with Gasteiger partial charge in [0.25, 0.3) is 5.91 Å². The van der Waals surface area contributed by atoms with E-state index in [2.05, 4.69) is 33.4 Å². The van der Waals surface area contributed by atoms with Gasteiger partial charge in [0.05, 0.1) is 6.04 Å². The molecule has 3 rings (SSSR count). The first kappa shape index (κ1) is 13.2. The number of rotatable bonds is 2. The van der Waals surface area contributed by atoms with E-state index in [1.807, 2.05) is 12.1 Å². The summed E-state index contributed by atoms with van der Waals surface area (Å²) in [6.07, 6.45) is 0.913. The van der Waals surface area contributed by atoms with E-state index < -0.39 is 0 Å². The van der Waals surface area contributed by atoms with Crippen molar-refractivity contribution in [2.45, 2.75) is 17.3 Å². The summed E-state index contributed by atoms with van der Waals surface area (Å²) in [6, 6.07) is 14.4. The summed E-state index contributed by atoms with van der Waals surface area (Å²) in [7, 11) is 0. The molecule has 1 aliphatic carbocycles. The maximum absolute atomic E-state index is 12.3. The standard InChI is InChI=1S/C16H14BrNO2/c17-14-9-11-3-1-2-4-13(11)15(14)18-16(20)10-5-7-12(19)8-6-10/h1-8,14-15,19H,9H2,(H,18,20). The fourth-order valence-electron chi connectivity index (χ4n) is 2.55. The molecule has 0 saturated heterocycles. The summed E-state index contributed by atoms with van der Waals surface area (Å²) in [5.41, 5.74) is 2.98. The van der Waals surface area contributed by atoms with Crippen LogP contribution in [0.25, 0.3) is 0 Å². The van der Waals surface area contributed by atoms with Gasteiger partial charge in [-0.15, -0.1) is 0 Å². The van der Waals surface area contributed by atoms with Gasteiger partial charge in [-0.05, 0) is 41.8 Å². The zero-order valence-electron chi connectivity index (χ0n) is 10.7. The fourth-order valence-corrected chi connectivity index (χ4v) is 3.32. The average Bonchev–Trinajstić information content (AvgIpc) is 2.76. The van der Waals surface area contributed by atoms with Gasteiger partial charge in [0, 0.05) is 10.4 Å². The van der Waals surface area contributed by atoms with Crippen LogP contribution in [0.3, 0.4) is 0 Å². The highest BCUT2D eigenvalue weighted by Crippen LogP contribution is 2.35. The topological polar surface area (TPSA) is 49.3 Å². The highest BCUT2D eigenvalue weighted by molar-refractivity contribution is 9.09. The molecule has 2 atom stereocenters. The molecule has 2 unspecified atom stereocenters. The van der Waals surface area contributed by atoms with Crippen molar-refractivity contribution in [2.24, 2.45) is 0 Å². The number of carbonyl (C=O) groups is 1. The minimum atomic E-state index is -0.129. The molecule has 0 fully saturated rings. The number of halogens is 1. The first-order chi connectivity index (χ1) is 9.65. The highest BCUT2D eigenvalue weighted by atomic mass is 79.9. The Kier molecular flexibility index (Phi) is 3.49. The Balaban J connectivity index is 1.81. The van der Waals surface area contributed by atoms with Crippen LogP contribution in [-0.4, -0.2) is 15.8 Å². The molecule has 0 radical (unpaired) electrons. The van der Waals surface area contributed by atoms with Gasteiger partial charge in [-0.2, -0.15) is 0 Å². The average molecular weight is 332 g/mol. The third-order valence-corrected chi connectivity index (χ3v) is 4.44. The second-order valence-corrected chi connectivity index (χ2v) is 6.09. The Morgan fingerprint density at radius 3 is 2.60 bits per heavy atom. The quantitative estimate of drug-likeness (QED) is 0.830. The van der Waals surface area contributed by atoms with Crippen molar-refractivity contribution in [2.75, 3.05) is 0 Å². The third-order valence-electron chi connectivity index (χ3n) is 3.58. The van der Waals surface area contributed by atoms with Crippen LogP contribution in [-0.2, 0) is 6.42 Å². The van der Waals surface area contributed by atoms with E-state index in [0.717, 1.165) is 6.42 Å². The van der Waals surface area contributed by atoms with Crippen LogP contribution < -0.4 is 5.32 Å². The molecule has 20 heavy (non-hydrogen) atoms. The van der Waals surface area contributed by atoms with E-state index in [4.69, 9.17) is 0 Å². The maximum atomic E-state index is 12.3. The monoisotopic (exact) mass is 331 g/mol. The van der Waals surface area contributed by atoms with E-state index in [-0.39, 0.29) is 22.5 Å². The van der Waals surface area contributed by atoms with Crippen molar-refractivity contribution in [1.29, 1.82) is 0 Å². The molecule has 0 bridgehead atoms. The molecule has 0 aliphatic heterocycles. The van der Waals surface area contributed by atoms with Gasteiger partial charge in [-0.1, -0.05) is 40.2 Å². The number of phenolic OH excluding ortho intramolecular Hbond substituents is 1. The summed E-state index contributed by atoms with van der Waals surface area (Å²) in [5, 5.41) is 12.3. The summed E-state index contributed by atoms with van der Waals surface area (Å²) >= 11 is 3.64. The number of carbonyl (C=O) groups excluding carboxylic acids is 1. The molecule has 102 valence electrons. The Morgan fingerprint density at radius 2 is 1.85 bits per heavy atom. The number of hydrogen-bond donors (Lipinski definition) is 2. The van der Waals surface area contributed by atoms with Crippen LogP contribution in [0.5, 0.6) is 5.75 Å². The molecule has 2 aromatic rings. The van der Waals surface area contributed by atoms with Crippen LogP contribution in [0.4, 0.5) is 0 Å². The number of alkyl halides is 1. The number of aromatic hydroxyl groups is 1. The molecular formula is C16H14BrNO2. The number of hydrogen-bond acceptors (Lipinski definition) is 2. The molecule has 0 spiro atoms. The van der Waals surface area contributed by atoms with Gasteiger partial charge in [0.2, 0.25) is 0 Å². The summed E-state index contributed by atoms with van der Waals surface area (Å²) < 4.78 is 0. The van der Waals surface area contributed by atoms with E-state index in [1.54, 1.807) is 12.1 Å². The van der Waals surface area contributed by atoms with Gasteiger partial charge in [-0.3, -0.25) is 4.79 Å². The largest absolute Gasteiger partial charge is 0.508 e. The van der Waals surface area contributed by atoms with Crippen molar-refractivity contribution in [3.63, 3.8) is 0 Å². The first-order valence-corrected chi connectivity index (χ1v) is 7.38. The Hall–Kier alpha value is -1.81. The molecule has 3 nitrogen and oxygen atoms in total. The molecule has 4 heteroatoms. The van der Waals surface area contributed by atoms with E-state index in [9.17, 15) is 9.90 Å². The Bertz CT molecular complexity index is 639. The summed E-state index contributed by atoms with van der Waals surface area (Å²) in [4.78, 5) is 12.5. The molecule has 1 amide bonds. The second kappa shape index (κ2) is 5.29. The number of amides is 1. The minimum Gasteiger partial charge on any atom is -0.508 e. The zero-order chi connectivity index (χ0) is 14.1. The van der Waals surface area contributed by atoms with Crippen molar-refractivity contribution < 1.29 is 9.90 Å². The van der Waals surface area contributed by atoms with Gasteiger partial charge < -0.3 is 10.4 Å². The number of benzene rings is 2. The third kappa shape index (κ3) is 2.43. The van der Waals surface area contributed by atoms with Crippen molar-refractivity contribution >= 4 is 21.8 Å². The van der Waals surface area contributed by atoms with Gasteiger partial charge >= 0.3 is 0 Å². The molecule has 2 N–H and O–H groups in total. The molecular weight excluding hydrogens is 318 g/mol. The number of fused-ring (bicyclic) bond motifs is 1. The SMILES string of the molecule is O=C(NC1c2ccccc2CC1Br)c1ccc(O)cc1. The lowest BCUT2D eigenvalue weighted by molar-refractivity contribution is 0.0938. The minimum absolute atomic E-state index is 0.0208. The predicted molar refractivity (Wildman–Crippen MR) is 81.2 cm³/mol. The molecule has 1 aliphatic rings. The van der Waals surface area contributed by atoms with Crippen molar-refractivity contribution in [3.05, 3.63) is 65.2 Å². The van der Waals surface area contributed by atoms with Crippen LogP contribution in [0.15, 0.2) is 48.5 Å². The predicted octanol–water partition coefficient (Wildman–Crippen LogP) is 3.18. The van der Waals surface area contributed by atoms with E-state index >= 15 is 0 Å². The summed E-state index contributed by atoms with van der Waals surface area (Å²) in [5.74, 6) is 0.0299. The van der Waals surface area contributed by atoms with Gasteiger partial charge in [0.15, 0.2) is 0 Å². The smallest absolute Gasteiger partial charge is 0.251 e. The lowest BCUT2D eigenvalue weighted by Gasteiger charge is -2.17. The van der Waals surface area contributed by atoms with Crippen molar-refractivity contribution in [3.8, 4) is 5.75 Å².